The molecule has 0 heterocycles. The van der Waals surface area contributed by atoms with Crippen molar-refractivity contribution in [2.75, 3.05) is 0 Å². The first-order valence-electron chi connectivity index (χ1n) is 5.00. The Bertz CT molecular complexity index is 294. The molecule has 0 bridgehead atoms. The van der Waals surface area contributed by atoms with Crippen LogP contribution in [0.3, 0.4) is 0 Å². The van der Waals surface area contributed by atoms with Gasteiger partial charge in [-0.05, 0) is 27.7 Å². The van der Waals surface area contributed by atoms with Gasteiger partial charge in [-0.25, -0.2) is 4.79 Å². The third-order valence-corrected chi connectivity index (χ3v) is 1.50. The zero-order valence-electron chi connectivity index (χ0n) is 10.1. The maximum absolute atomic E-state index is 11.9. The number of halogens is 3. The van der Waals surface area contributed by atoms with Crippen LogP contribution in [-0.2, 0) is 14.3 Å². The Morgan fingerprint density at radius 2 is 1.71 bits per heavy atom. The van der Waals surface area contributed by atoms with Gasteiger partial charge in [-0.1, -0.05) is 0 Å². The zero-order chi connectivity index (χ0) is 13.9. The standard InChI is InChI=1S/C10H16F3NO3/c1-6(8(16)17-9(2,3)4)14-7(15)5-10(11,12)13/h6H,5H2,1-4H3,(H,14,15)/t6-/m1/s1. The summed E-state index contributed by atoms with van der Waals surface area (Å²) in [6, 6.07) is -1.11. The summed E-state index contributed by atoms with van der Waals surface area (Å²) >= 11 is 0. The van der Waals surface area contributed by atoms with E-state index in [-0.39, 0.29) is 0 Å². The van der Waals surface area contributed by atoms with Gasteiger partial charge in [-0.2, -0.15) is 13.2 Å². The highest BCUT2D eigenvalue weighted by molar-refractivity contribution is 5.84. The van der Waals surface area contributed by atoms with Crippen molar-refractivity contribution in [3.8, 4) is 0 Å². The average Bonchev–Trinajstić information content (AvgIpc) is 1.95. The van der Waals surface area contributed by atoms with E-state index in [4.69, 9.17) is 4.74 Å². The van der Waals surface area contributed by atoms with Crippen LogP contribution in [0.4, 0.5) is 13.2 Å². The van der Waals surface area contributed by atoms with Crippen molar-refractivity contribution in [1.29, 1.82) is 0 Å². The monoisotopic (exact) mass is 255 g/mol. The number of esters is 1. The molecule has 0 aliphatic rings. The van der Waals surface area contributed by atoms with Crippen LogP contribution in [0, 0.1) is 0 Å². The molecule has 0 radical (unpaired) electrons. The normalized spacial score (nSPS) is 14.1. The van der Waals surface area contributed by atoms with Crippen LogP contribution in [-0.4, -0.2) is 29.7 Å². The van der Waals surface area contributed by atoms with Gasteiger partial charge in [0.2, 0.25) is 5.91 Å². The molecule has 0 aromatic carbocycles. The van der Waals surface area contributed by atoms with Gasteiger partial charge in [0.1, 0.15) is 18.1 Å². The van der Waals surface area contributed by atoms with Gasteiger partial charge in [-0.15, -0.1) is 0 Å². The van der Waals surface area contributed by atoms with E-state index in [1.165, 1.54) is 6.92 Å². The molecule has 0 rings (SSSR count). The van der Waals surface area contributed by atoms with Crippen LogP contribution in [0.25, 0.3) is 0 Å². The molecular weight excluding hydrogens is 239 g/mol. The minimum absolute atomic E-state index is 0.750. The summed E-state index contributed by atoms with van der Waals surface area (Å²) in [6.07, 6.45) is -6.20. The van der Waals surface area contributed by atoms with E-state index in [9.17, 15) is 22.8 Å². The predicted octanol–water partition coefficient (Wildman–Crippen LogP) is 1.79. The SMILES string of the molecule is C[C@@H](NC(=O)CC(F)(F)F)C(=O)OC(C)(C)C. The third kappa shape index (κ3) is 8.53. The van der Waals surface area contributed by atoms with Gasteiger partial charge in [0.25, 0.3) is 0 Å². The maximum atomic E-state index is 11.9. The smallest absolute Gasteiger partial charge is 0.397 e. The molecule has 0 spiro atoms. The summed E-state index contributed by atoms with van der Waals surface area (Å²) in [6.45, 7) is 6.13. The van der Waals surface area contributed by atoms with Crippen LogP contribution in [0.5, 0.6) is 0 Å². The fraction of sp³-hybridized carbons (Fsp3) is 0.800. The van der Waals surface area contributed by atoms with E-state index >= 15 is 0 Å². The molecule has 0 aromatic heterocycles. The summed E-state index contributed by atoms with van der Waals surface area (Å²) in [4.78, 5) is 22.2. The molecule has 17 heavy (non-hydrogen) atoms. The molecule has 1 atom stereocenters. The van der Waals surface area contributed by atoms with Crippen LogP contribution in [0.2, 0.25) is 0 Å². The van der Waals surface area contributed by atoms with Crippen molar-refractivity contribution in [2.24, 2.45) is 0 Å². The molecule has 0 saturated carbocycles. The maximum Gasteiger partial charge on any atom is 0.397 e. The molecule has 7 heteroatoms. The highest BCUT2D eigenvalue weighted by Crippen LogP contribution is 2.19. The fourth-order valence-corrected chi connectivity index (χ4v) is 0.924. The van der Waals surface area contributed by atoms with E-state index in [1.54, 1.807) is 20.8 Å². The van der Waals surface area contributed by atoms with Crippen molar-refractivity contribution in [2.45, 2.75) is 51.9 Å². The Kier molecular flexibility index (Phi) is 4.97. The summed E-state index contributed by atoms with van der Waals surface area (Å²) in [5.74, 6) is -2.02. The lowest BCUT2D eigenvalue weighted by atomic mass is 10.2. The van der Waals surface area contributed by atoms with Gasteiger partial charge in [0, 0.05) is 0 Å². The van der Waals surface area contributed by atoms with Crippen molar-refractivity contribution < 1.29 is 27.5 Å². The van der Waals surface area contributed by atoms with Crippen molar-refractivity contribution in [3.05, 3.63) is 0 Å². The lowest BCUT2D eigenvalue weighted by Gasteiger charge is -2.22. The largest absolute Gasteiger partial charge is 0.458 e. The topological polar surface area (TPSA) is 55.4 Å². The molecule has 100 valence electrons. The van der Waals surface area contributed by atoms with Crippen LogP contribution < -0.4 is 5.32 Å². The van der Waals surface area contributed by atoms with Gasteiger partial charge in [0.15, 0.2) is 0 Å². The number of hydrogen-bond acceptors (Lipinski definition) is 3. The summed E-state index contributed by atoms with van der Waals surface area (Å²) in [5, 5.41) is 1.93. The van der Waals surface area contributed by atoms with E-state index in [0.29, 0.717) is 0 Å². The highest BCUT2D eigenvalue weighted by Gasteiger charge is 2.32. The molecule has 4 nitrogen and oxygen atoms in total. The van der Waals surface area contributed by atoms with E-state index < -0.39 is 36.1 Å². The first-order chi connectivity index (χ1) is 7.41. The minimum atomic E-state index is -4.59. The van der Waals surface area contributed by atoms with E-state index in [0.717, 1.165) is 0 Å². The third-order valence-electron chi connectivity index (χ3n) is 1.50. The number of carbonyl (C=O) groups is 2. The number of hydrogen-bond donors (Lipinski definition) is 1. The Hall–Kier alpha value is -1.27. The molecule has 0 fully saturated rings. The fourth-order valence-electron chi connectivity index (χ4n) is 0.924. The second kappa shape index (κ2) is 5.37. The minimum Gasteiger partial charge on any atom is -0.458 e. The van der Waals surface area contributed by atoms with Gasteiger partial charge < -0.3 is 10.1 Å². The Labute approximate surface area is 97.5 Å². The molecule has 0 saturated heterocycles. The Balaban J connectivity index is 4.22. The van der Waals surface area contributed by atoms with Crippen LogP contribution in [0.1, 0.15) is 34.1 Å². The summed E-state index contributed by atoms with van der Waals surface area (Å²) < 4.78 is 40.5. The first-order valence-corrected chi connectivity index (χ1v) is 5.00. The van der Waals surface area contributed by atoms with E-state index in [2.05, 4.69) is 0 Å². The van der Waals surface area contributed by atoms with E-state index in [1.807, 2.05) is 5.32 Å². The highest BCUT2D eigenvalue weighted by atomic mass is 19.4. The molecule has 0 unspecified atom stereocenters. The lowest BCUT2D eigenvalue weighted by molar-refractivity contribution is -0.162. The zero-order valence-corrected chi connectivity index (χ0v) is 10.1. The van der Waals surface area contributed by atoms with Crippen LogP contribution >= 0.6 is 0 Å². The second-order valence-corrected chi connectivity index (χ2v) is 4.61. The molecule has 0 aromatic rings. The quantitative estimate of drug-likeness (QED) is 0.782. The summed E-state index contributed by atoms with van der Waals surface area (Å²) in [5.41, 5.74) is -0.750. The number of rotatable bonds is 3. The number of amides is 1. The summed E-state index contributed by atoms with van der Waals surface area (Å²) in [7, 11) is 0. The molecule has 1 amide bonds. The number of alkyl halides is 3. The van der Waals surface area contributed by atoms with Gasteiger partial charge >= 0.3 is 12.1 Å². The molecule has 1 N–H and O–H groups in total. The van der Waals surface area contributed by atoms with Crippen molar-refractivity contribution in [1.82, 2.24) is 5.32 Å². The van der Waals surface area contributed by atoms with Gasteiger partial charge in [-0.3, -0.25) is 4.79 Å². The number of nitrogens with one attached hydrogen (secondary N) is 1. The Morgan fingerprint density at radius 3 is 2.06 bits per heavy atom. The lowest BCUT2D eigenvalue weighted by Crippen LogP contribution is -2.43. The second-order valence-electron chi connectivity index (χ2n) is 4.61. The van der Waals surface area contributed by atoms with Crippen LogP contribution in [0.15, 0.2) is 0 Å². The van der Waals surface area contributed by atoms with Crippen molar-refractivity contribution >= 4 is 11.9 Å². The average molecular weight is 255 g/mol. The molecule has 0 aliphatic heterocycles. The number of ether oxygens (including phenoxy) is 1. The molecular formula is C10H16F3NO3. The van der Waals surface area contributed by atoms with Gasteiger partial charge in [0.05, 0.1) is 0 Å². The predicted molar refractivity (Wildman–Crippen MR) is 54.1 cm³/mol. The first kappa shape index (κ1) is 15.7. The Morgan fingerprint density at radius 1 is 1.24 bits per heavy atom. The molecule has 0 aliphatic carbocycles. The van der Waals surface area contributed by atoms with Crippen molar-refractivity contribution in [3.63, 3.8) is 0 Å². The number of carbonyl (C=O) groups excluding carboxylic acids is 2.